The van der Waals surface area contributed by atoms with Crippen LogP contribution in [0.3, 0.4) is 0 Å². The van der Waals surface area contributed by atoms with Gasteiger partial charge >= 0.3 is 36.2 Å². The highest BCUT2D eigenvalue weighted by atomic mass is 19.4. The van der Waals surface area contributed by atoms with Gasteiger partial charge in [-0.2, -0.15) is 26.3 Å². The Morgan fingerprint density at radius 1 is 0.682 bits per heavy atom. The number of halogens is 6. The van der Waals surface area contributed by atoms with Gasteiger partial charge in [0.15, 0.2) is 10.8 Å². The lowest BCUT2D eigenvalue weighted by atomic mass is 9.39. The maximum absolute atomic E-state index is 13.2. The molecule has 3 rings (SSSR count). The first-order valence-corrected chi connectivity index (χ1v) is 5.50. The summed E-state index contributed by atoms with van der Waals surface area (Å²) in [6, 6.07) is 0. The zero-order valence-electron chi connectivity index (χ0n) is 9.87. The minimum atomic E-state index is -5.72. The van der Waals surface area contributed by atoms with Crippen molar-refractivity contribution in [3.8, 4) is 0 Å². The molecule has 0 spiro atoms. The molecule has 1 saturated carbocycles. The van der Waals surface area contributed by atoms with E-state index in [1.807, 2.05) is 0 Å². The van der Waals surface area contributed by atoms with Crippen LogP contribution in [0.1, 0.15) is 0 Å². The Balaban J connectivity index is 2.35. The molecule has 120 valence electrons. The molecule has 3 fully saturated rings. The summed E-state index contributed by atoms with van der Waals surface area (Å²) in [4.78, 5) is 45.6. The predicted molar refractivity (Wildman–Crippen MR) is 46.2 cm³/mol. The van der Waals surface area contributed by atoms with Gasteiger partial charge in [-0.3, -0.25) is 19.2 Å². The highest BCUT2D eigenvalue weighted by molar-refractivity contribution is 6.15. The summed E-state index contributed by atoms with van der Waals surface area (Å²) in [6.45, 7) is 0. The fourth-order valence-corrected chi connectivity index (χ4v) is 3.53. The van der Waals surface area contributed by atoms with Gasteiger partial charge in [0.25, 0.3) is 0 Å². The molecule has 12 heteroatoms. The zero-order valence-corrected chi connectivity index (χ0v) is 9.87. The summed E-state index contributed by atoms with van der Waals surface area (Å²) in [5.74, 6) is -15.5. The van der Waals surface area contributed by atoms with Crippen LogP contribution in [-0.4, -0.2) is 36.2 Å². The Morgan fingerprint density at radius 3 is 1.18 bits per heavy atom. The van der Waals surface area contributed by atoms with Crippen molar-refractivity contribution >= 4 is 23.9 Å². The van der Waals surface area contributed by atoms with Crippen LogP contribution in [0.5, 0.6) is 0 Å². The smallest absolute Gasteiger partial charge is 0.392 e. The molecule has 2 aliphatic heterocycles. The highest BCUT2D eigenvalue weighted by Crippen LogP contribution is 2.78. The molecule has 0 aromatic heterocycles. The monoisotopic (exact) mass is 332 g/mol. The standard InChI is InChI=1S/C10H2F6O6/c11-9(12,13)7-1(3(17)21-5(7)19)8(10(14,15)16)2(7)4(18)22-6(8)20/h1-2H. The van der Waals surface area contributed by atoms with Gasteiger partial charge in [-0.15, -0.1) is 0 Å². The molecule has 0 aromatic carbocycles. The lowest BCUT2D eigenvalue weighted by molar-refractivity contribution is -0.356. The minimum Gasteiger partial charge on any atom is -0.392 e. The second-order valence-corrected chi connectivity index (χ2v) is 5.02. The molecule has 0 N–H and O–H groups in total. The van der Waals surface area contributed by atoms with Gasteiger partial charge in [-0.1, -0.05) is 0 Å². The number of hydrogen-bond acceptors (Lipinski definition) is 6. The maximum Gasteiger partial charge on any atom is 0.406 e. The van der Waals surface area contributed by atoms with Crippen LogP contribution in [-0.2, 0) is 28.7 Å². The molecule has 0 radical (unpaired) electrons. The second kappa shape index (κ2) is 3.43. The Hall–Kier alpha value is -2.14. The summed E-state index contributed by atoms with van der Waals surface area (Å²) < 4.78 is 86.7. The molecular weight excluding hydrogens is 330 g/mol. The molecule has 2 saturated heterocycles. The van der Waals surface area contributed by atoms with Gasteiger partial charge in [0, 0.05) is 0 Å². The molecule has 1 aliphatic carbocycles. The van der Waals surface area contributed by atoms with Crippen molar-refractivity contribution in [3.63, 3.8) is 0 Å². The van der Waals surface area contributed by atoms with Gasteiger partial charge < -0.3 is 9.47 Å². The predicted octanol–water partition coefficient (Wildman–Crippen LogP) is 0.497. The lowest BCUT2D eigenvalue weighted by Crippen LogP contribution is -2.77. The van der Waals surface area contributed by atoms with E-state index in [-0.39, 0.29) is 0 Å². The van der Waals surface area contributed by atoms with Crippen molar-refractivity contribution in [1.29, 1.82) is 0 Å². The van der Waals surface area contributed by atoms with E-state index in [1.54, 1.807) is 0 Å². The molecule has 0 amide bonds. The van der Waals surface area contributed by atoms with E-state index in [9.17, 15) is 45.5 Å². The third kappa shape index (κ3) is 1.10. The average Bonchev–Trinajstić information content (AvgIpc) is 2.55. The number of hydrogen-bond donors (Lipinski definition) is 0. The molecule has 6 nitrogen and oxygen atoms in total. The third-order valence-corrected chi connectivity index (χ3v) is 4.29. The van der Waals surface area contributed by atoms with Crippen molar-refractivity contribution in [2.24, 2.45) is 22.7 Å². The molecule has 22 heavy (non-hydrogen) atoms. The number of alkyl halides is 6. The van der Waals surface area contributed by atoms with E-state index in [0.29, 0.717) is 0 Å². The van der Waals surface area contributed by atoms with Gasteiger partial charge in [-0.25, -0.2) is 0 Å². The molecule has 0 bridgehead atoms. The summed E-state index contributed by atoms with van der Waals surface area (Å²) in [7, 11) is 0. The van der Waals surface area contributed by atoms with Crippen LogP contribution in [0.15, 0.2) is 0 Å². The molecular formula is C10H2F6O6. The van der Waals surface area contributed by atoms with Crippen LogP contribution in [0.25, 0.3) is 0 Å². The topological polar surface area (TPSA) is 86.7 Å². The van der Waals surface area contributed by atoms with E-state index >= 15 is 0 Å². The third-order valence-electron chi connectivity index (χ3n) is 4.29. The highest BCUT2D eigenvalue weighted by Gasteiger charge is 3.01. The minimum absolute atomic E-state index is 2.16. The number of cyclic esters (lactones) is 4. The number of carbonyl (C=O) groups is 4. The van der Waals surface area contributed by atoms with Gasteiger partial charge in [0.1, 0.15) is 11.8 Å². The van der Waals surface area contributed by atoms with Crippen molar-refractivity contribution in [1.82, 2.24) is 0 Å². The molecule has 3 aliphatic rings. The number of fused-ring (bicyclic) bond motifs is 4. The maximum atomic E-state index is 13.2. The Morgan fingerprint density at radius 2 is 0.955 bits per heavy atom. The van der Waals surface area contributed by atoms with Crippen molar-refractivity contribution in [3.05, 3.63) is 0 Å². The fourth-order valence-electron chi connectivity index (χ4n) is 3.53. The van der Waals surface area contributed by atoms with Crippen LogP contribution in [0.4, 0.5) is 26.3 Å². The van der Waals surface area contributed by atoms with E-state index in [2.05, 4.69) is 9.47 Å². The SMILES string of the molecule is O=C1OC(=O)C2(C(F)(F)F)C1C1(C(F)(F)F)C(=O)OC(=O)C21. The van der Waals surface area contributed by atoms with Crippen LogP contribution in [0, 0.1) is 22.7 Å². The summed E-state index contributed by atoms with van der Waals surface area (Å²) >= 11 is 0. The van der Waals surface area contributed by atoms with Gasteiger partial charge in [-0.05, 0) is 0 Å². The summed E-state index contributed by atoms with van der Waals surface area (Å²) in [5, 5.41) is 0. The first-order chi connectivity index (χ1) is 9.84. The normalized spacial score (nSPS) is 40.8. The largest absolute Gasteiger partial charge is 0.406 e. The molecule has 0 aromatic rings. The molecule has 0 unspecified atom stereocenters. The number of esters is 4. The van der Waals surface area contributed by atoms with Gasteiger partial charge in [0.05, 0.1) is 0 Å². The Bertz CT molecular complexity index is 581. The zero-order chi connectivity index (χ0) is 16.9. The van der Waals surface area contributed by atoms with E-state index in [0.717, 1.165) is 0 Å². The van der Waals surface area contributed by atoms with E-state index in [4.69, 9.17) is 0 Å². The first-order valence-electron chi connectivity index (χ1n) is 5.50. The Kier molecular flexibility index (Phi) is 2.31. The fraction of sp³-hybridized carbons (Fsp3) is 0.600. The number of ether oxygens (including phenoxy) is 2. The van der Waals surface area contributed by atoms with Crippen molar-refractivity contribution < 1.29 is 55.0 Å². The summed E-state index contributed by atoms with van der Waals surface area (Å²) in [5.41, 5.74) is -8.11. The quantitative estimate of drug-likeness (QED) is 0.365. The molecule has 2 heterocycles. The van der Waals surface area contributed by atoms with E-state index in [1.165, 1.54) is 0 Å². The van der Waals surface area contributed by atoms with Crippen LogP contribution in [0.2, 0.25) is 0 Å². The van der Waals surface area contributed by atoms with Crippen LogP contribution < -0.4 is 0 Å². The average molecular weight is 332 g/mol. The van der Waals surface area contributed by atoms with Crippen molar-refractivity contribution in [2.45, 2.75) is 12.4 Å². The number of rotatable bonds is 0. The van der Waals surface area contributed by atoms with Crippen LogP contribution >= 0.6 is 0 Å². The lowest BCUT2D eigenvalue weighted by Gasteiger charge is -2.54. The Labute approximate surface area is 115 Å². The molecule has 0 atom stereocenters. The van der Waals surface area contributed by atoms with E-state index < -0.39 is 58.9 Å². The van der Waals surface area contributed by atoms with Crippen molar-refractivity contribution in [2.75, 3.05) is 0 Å². The van der Waals surface area contributed by atoms with Gasteiger partial charge in [0.2, 0.25) is 0 Å². The first kappa shape index (κ1) is 14.8. The summed E-state index contributed by atoms with van der Waals surface area (Å²) in [6.07, 6.45) is -11.4. The number of carbonyl (C=O) groups excluding carboxylic acids is 4. The second-order valence-electron chi connectivity index (χ2n) is 5.02.